The van der Waals surface area contributed by atoms with Crippen LogP contribution in [0, 0.1) is 0 Å². The Kier molecular flexibility index (Phi) is 6.60. The highest BCUT2D eigenvalue weighted by Crippen LogP contribution is 2.40. The van der Waals surface area contributed by atoms with E-state index in [1.807, 2.05) is 6.07 Å². The van der Waals surface area contributed by atoms with Crippen LogP contribution in [0.1, 0.15) is 12.0 Å². The molecule has 1 atom stereocenters. The molecule has 1 aliphatic heterocycles. The summed E-state index contributed by atoms with van der Waals surface area (Å²) < 4.78 is 40.1. The van der Waals surface area contributed by atoms with Crippen molar-refractivity contribution in [3.05, 3.63) is 84.4 Å². The fourth-order valence-corrected chi connectivity index (χ4v) is 4.51. The lowest BCUT2D eigenvalue weighted by Crippen LogP contribution is -2.33. The maximum Gasteiger partial charge on any atom is 0.418 e. The standard InChI is InChI=1S/C24H18F3N3O3S/c25-24(26,27)18-8-4-5-9-19(18)30-21(31)14-20(22(30)32)34-17-12-10-16(11-13-17)29-23(33)28-15-6-2-1-3-7-15/h1-13,20H,14H2,(H2,28,29,33)/t20-/m0/s1. The van der Waals surface area contributed by atoms with E-state index in [9.17, 15) is 27.6 Å². The average molecular weight is 485 g/mol. The van der Waals surface area contributed by atoms with Gasteiger partial charge < -0.3 is 10.6 Å². The summed E-state index contributed by atoms with van der Waals surface area (Å²) in [6.07, 6.45) is -4.91. The largest absolute Gasteiger partial charge is 0.418 e. The van der Waals surface area contributed by atoms with Crippen LogP contribution in [0.25, 0.3) is 0 Å². The predicted octanol–water partition coefficient (Wildman–Crippen LogP) is 5.77. The maximum absolute atomic E-state index is 13.4. The van der Waals surface area contributed by atoms with Crippen LogP contribution in [0.5, 0.6) is 0 Å². The number of urea groups is 1. The first-order valence-electron chi connectivity index (χ1n) is 10.1. The molecule has 1 aliphatic rings. The number of benzene rings is 3. The van der Waals surface area contributed by atoms with Gasteiger partial charge in [-0.05, 0) is 48.5 Å². The number of thioether (sulfide) groups is 1. The Morgan fingerprint density at radius 3 is 2.09 bits per heavy atom. The lowest BCUT2D eigenvalue weighted by molar-refractivity contribution is -0.137. The van der Waals surface area contributed by atoms with Gasteiger partial charge in [0.1, 0.15) is 0 Å². The molecule has 0 spiro atoms. The molecule has 0 aliphatic carbocycles. The van der Waals surface area contributed by atoms with Crippen LogP contribution in [-0.4, -0.2) is 23.1 Å². The molecule has 34 heavy (non-hydrogen) atoms. The third-order valence-electron chi connectivity index (χ3n) is 4.98. The van der Waals surface area contributed by atoms with Crippen LogP contribution in [0.15, 0.2) is 83.8 Å². The molecule has 1 fully saturated rings. The van der Waals surface area contributed by atoms with Gasteiger partial charge in [-0.3, -0.25) is 9.59 Å². The predicted molar refractivity (Wildman–Crippen MR) is 124 cm³/mol. The molecule has 174 valence electrons. The first-order valence-corrected chi connectivity index (χ1v) is 11.0. The van der Waals surface area contributed by atoms with E-state index in [0.717, 1.165) is 23.9 Å². The lowest BCUT2D eigenvalue weighted by Gasteiger charge is -2.20. The van der Waals surface area contributed by atoms with E-state index in [4.69, 9.17) is 0 Å². The zero-order valence-corrected chi connectivity index (χ0v) is 18.3. The second-order valence-corrected chi connectivity index (χ2v) is 8.64. The normalized spacial score (nSPS) is 16.0. The number of halogens is 3. The summed E-state index contributed by atoms with van der Waals surface area (Å²) in [6, 6.07) is 19.6. The molecule has 4 amide bonds. The zero-order valence-electron chi connectivity index (χ0n) is 17.5. The van der Waals surface area contributed by atoms with Crippen molar-refractivity contribution >= 4 is 46.7 Å². The second-order valence-electron chi connectivity index (χ2n) is 7.36. The van der Waals surface area contributed by atoms with Crippen molar-refractivity contribution in [1.82, 2.24) is 0 Å². The van der Waals surface area contributed by atoms with E-state index in [1.54, 1.807) is 48.5 Å². The molecular weight excluding hydrogens is 467 g/mol. The molecule has 0 bridgehead atoms. The van der Waals surface area contributed by atoms with E-state index in [1.165, 1.54) is 12.1 Å². The first kappa shape index (κ1) is 23.4. The van der Waals surface area contributed by atoms with Crippen molar-refractivity contribution in [2.45, 2.75) is 22.7 Å². The summed E-state index contributed by atoms with van der Waals surface area (Å²) in [5, 5.41) is 4.51. The number of nitrogens with one attached hydrogen (secondary N) is 2. The van der Waals surface area contributed by atoms with Gasteiger partial charge in [0.15, 0.2) is 0 Å². The number of imide groups is 1. The average Bonchev–Trinajstić information content (AvgIpc) is 3.07. The minimum Gasteiger partial charge on any atom is -0.308 e. The second kappa shape index (κ2) is 9.60. The van der Waals surface area contributed by atoms with Crippen LogP contribution in [0.2, 0.25) is 0 Å². The molecule has 0 unspecified atom stereocenters. The molecule has 0 aromatic heterocycles. The minimum absolute atomic E-state index is 0.213. The molecule has 1 saturated heterocycles. The third-order valence-corrected chi connectivity index (χ3v) is 6.17. The van der Waals surface area contributed by atoms with Gasteiger partial charge in [-0.2, -0.15) is 13.2 Å². The summed E-state index contributed by atoms with van der Waals surface area (Å²) in [5.74, 6) is -1.38. The summed E-state index contributed by atoms with van der Waals surface area (Å²) >= 11 is 1.08. The number of para-hydroxylation sites is 2. The Labute approximate surface area is 197 Å². The number of carbonyl (C=O) groups is 3. The van der Waals surface area contributed by atoms with E-state index >= 15 is 0 Å². The summed E-state index contributed by atoms with van der Waals surface area (Å²) in [5.41, 5.74) is -0.357. The van der Waals surface area contributed by atoms with Crippen LogP contribution in [0.4, 0.5) is 35.0 Å². The Morgan fingerprint density at radius 2 is 1.44 bits per heavy atom. The number of carbonyl (C=O) groups excluding carboxylic acids is 3. The summed E-state index contributed by atoms with van der Waals surface area (Å²) in [7, 11) is 0. The van der Waals surface area contributed by atoms with E-state index in [0.29, 0.717) is 21.2 Å². The molecular formula is C24H18F3N3O3S. The molecule has 2 N–H and O–H groups in total. The van der Waals surface area contributed by atoms with Crippen molar-refractivity contribution < 1.29 is 27.6 Å². The maximum atomic E-state index is 13.4. The Balaban J connectivity index is 1.42. The van der Waals surface area contributed by atoms with Crippen LogP contribution in [0.3, 0.4) is 0 Å². The van der Waals surface area contributed by atoms with Crippen molar-refractivity contribution in [3.63, 3.8) is 0 Å². The van der Waals surface area contributed by atoms with Crippen molar-refractivity contribution in [3.8, 4) is 0 Å². The van der Waals surface area contributed by atoms with Crippen LogP contribution < -0.4 is 15.5 Å². The molecule has 6 nitrogen and oxygen atoms in total. The SMILES string of the molecule is O=C(Nc1ccccc1)Nc1ccc(S[C@H]2CC(=O)N(c3ccccc3C(F)(F)F)C2=O)cc1. The van der Waals surface area contributed by atoms with Crippen molar-refractivity contribution in [1.29, 1.82) is 0 Å². The zero-order chi connectivity index (χ0) is 24.3. The highest BCUT2D eigenvalue weighted by molar-refractivity contribution is 8.00. The quantitative estimate of drug-likeness (QED) is 0.450. The molecule has 3 aromatic carbocycles. The fraction of sp³-hybridized carbons (Fsp3) is 0.125. The number of amides is 4. The lowest BCUT2D eigenvalue weighted by atomic mass is 10.1. The number of hydrogen-bond acceptors (Lipinski definition) is 4. The van der Waals surface area contributed by atoms with E-state index in [2.05, 4.69) is 10.6 Å². The third kappa shape index (κ3) is 5.23. The van der Waals surface area contributed by atoms with Gasteiger partial charge in [0.25, 0.3) is 0 Å². The fourth-order valence-electron chi connectivity index (χ4n) is 3.45. The number of hydrogen-bond donors (Lipinski definition) is 2. The van der Waals surface area contributed by atoms with Gasteiger partial charge in [0, 0.05) is 22.7 Å². The van der Waals surface area contributed by atoms with Gasteiger partial charge in [-0.15, -0.1) is 11.8 Å². The van der Waals surface area contributed by atoms with Crippen LogP contribution in [-0.2, 0) is 15.8 Å². The highest BCUT2D eigenvalue weighted by atomic mass is 32.2. The highest BCUT2D eigenvalue weighted by Gasteiger charge is 2.44. The van der Waals surface area contributed by atoms with Gasteiger partial charge in [0.2, 0.25) is 11.8 Å². The summed E-state index contributed by atoms with van der Waals surface area (Å²) in [4.78, 5) is 38.6. The van der Waals surface area contributed by atoms with Crippen molar-refractivity contribution in [2.24, 2.45) is 0 Å². The monoisotopic (exact) mass is 485 g/mol. The van der Waals surface area contributed by atoms with E-state index < -0.39 is 40.5 Å². The smallest absolute Gasteiger partial charge is 0.308 e. The molecule has 3 aromatic rings. The molecule has 0 saturated carbocycles. The van der Waals surface area contributed by atoms with Gasteiger partial charge in [0.05, 0.1) is 16.5 Å². The number of nitrogens with zero attached hydrogens (tertiary/aromatic N) is 1. The van der Waals surface area contributed by atoms with Crippen molar-refractivity contribution in [2.75, 3.05) is 15.5 Å². The van der Waals surface area contributed by atoms with Gasteiger partial charge >= 0.3 is 12.2 Å². The Morgan fingerprint density at radius 1 is 0.853 bits per heavy atom. The molecule has 4 rings (SSSR count). The molecule has 10 heteroatoms. The van der Waals surface area contributed by atoms with Crippen LogP contribution >= 0.6 is 11.8 Å². The Hall–Kier alpha value is -3.79. The molecule has 1 heterocycles. The van der Waals surface area contributed by atoms with Gasteiger partial charge in [-0.1, -0.05) is 30.3 Å². The summed E-state index contributed by atoms with van der Waals surface area (Å²) in [6.45, 7) is 0. The number of rotatable bonds is 5. The number of anilines is 3. The number of alkyl halides is 3. The van der Waals surface area contributed by atoms with E-state index in [-0.39, 0.29) is 6.42 Å². The Bertz CT molecular complexity index is 1220. The molecule has 0 radical (unpaired) electrons. The van der Waals surface area contributed by atoms with Gasteiger partial charge in [-0.25, -0.2) is 9.69 Å². The minimum atomic E-state index is -4.70. The first-order chi connectivity index (χ1) is 16.2. The topological polar surface area (TPSA) is 78.5 Å².